The fourth-order valence-corrected chi connectivity index (χ4v) is 3.07. The number of nitrogens with one attached hydrogen (secondary N) is 1. The molecule has 0 aliphatic rings. The summed E-state index contributed by atoms with van der Waals surface area (Å²) in [4.78, 5) is 0. The van der Waals surface area contributed by atoms with Gasteiger partial charge in [0.05, 0.1) is 0 Å². The maximum Gasteiger partial charge on any atom is 0.0488 e. The van der Waals surface area contributed by atoms with Crippen LogP contribution in [0.25, 0.3) is 0 Å². The summed E-state index contributed by atoms with van der Waals surface area (Å²) in [5.41, 5.74) is 6.41. The molecule has 0 aliphatic carbocycles. The quantitative estimate of drug-likeness (QED) is 0.782. The summed E-state index contributed by atoms with van der Waals surface area (Å²) in [6, 6.07) is 13.3. The second-order valence-electron chi connectivity index (χ2n) is 5.24. The van der Waals surface area contributed by atoms with Crippen molar-refractivity contribution in [3.63, 3.8) is 0 Å². The van der Waals surface area contributed by atoms with Crippen molar-refractivity contribution in [1.29, 1.82) is 0 Å². The van der Waals surface area contributed by atoms with Crippen LogP contribution in [0.15, 0.2) is 40.9 Å². The smallest absolute Gasteiger partial charge is 0.0488 e. The summed E-state index contributed by atoms with van der Waals surface area (Å²) in [6.45, 7) is 8.62. The molecule has 1 unspecified atom stereocenters. The van der Waals surface area contributed by atoms with Crippen LogP contribution in [0, 0.1) is 20.8 Å². The van der Waals surface area contributed by atoms with E-state index in [2.05, 4.69) is 85.3 Å². The van der Waals surface area contributed by atoms with E-state index in [1.54, 1.807) is 0 Å². The molecule has 2 rings (SSSR count). The van der Waals surface area contributed by atoms with Crippen molar-refractivity contribution in [2.24, 2.45) is 0 Å². The first kappa shape index (κ1) is 14.1. The van der Waals surface area contributed by atoms with Gasteiger partial charge in [-0.2, -0.15) is 0 Å². The van der Waals surface area contributed by atoms with Crippen LogP contribution in [0.5, 0.6) is 0 Å². The highest BCUT2D eigenvalue weighted by atomic mass is 79.9. The molecule has 0 aliphatic heterocycles. The van der Waals surface area contributed by atoms with Crippen LogP contribution in [0.4, 0.5) is 5.69 Å². The molecular formula is C17H20BrN. The van der Waals surface area contributed by atoms with Gasteiger partial charge in [0.2, 0.25) is 0 Å². The molecular weight excluding hydrogens is 298 g/mol. The average molecular weight is 318 g/mol. The van der Waals surface area contributed by atoms with Gasteiger partial charge in [0.15, 0.2) is 0 Å². The van der Waals surface area contributed by atoms with E-state index in [-0.39, 0.29) is 0 Å². The van der Waals surface area contributed by atoms with Crippen molar-refractivity contribution in [2.45, 2.75) is 33.7 Å². The van der Waals surface area contributed by atoms with Gasteiger partial charge in [-0.1, -0.05) is 39.7 Å². The highest BCUT2D eigenvalue weighted by Crippen LogP contribution is 2.25. The Morgan fingerprint density at radius 3 is 2.32 bits per heavy atom. The molecule has 1 atom stereocenters. The molecule has 0 bridgehead atoms. The van der Waals surface area contributed by atoms with Gasteiger partial charge in [-0.25, -0.2) is 0 Å². The molecule has 0 heterocycles. The van der Waals surface area contributed by atoms with Gasteiger partial charge in [-0.3, -0.25) is 0 Å². The Morgan fingerprint density at radius 2 is 1.68 bits per heavy atom. The van der Waals surface area contributed by atoms with E-state index in [4.69, 9.17) is 0 Å². The predicted molar refractivity (Wildman–Crippen MR) is 86.8 cm³/mol. The SMILES string of the molecule is Cc1cc(Br)cc(NC(C)c2ccc(C)cc2C)c1. The summed E-state index contributed by atoms with van der Waals surface area (Å²) in [7, 11) is 0. The lowest BCUT2D eigenvalue weighted by Crippen LogP contribution is -2.08. The van der Waals surface area contributed by atoms with E-state index in [0.717, 1.165) is 10.2 Å². The van der Waals surface area contributed by atoms with Crippen LogP contribution in [-0.4, -0.2) is 0 Å². The monoisotopic (exact) mass is 317 g/mol. The molecule has 0 fully saturated rings. The summed E-state index contributed by atoms with van der Waals surface area (Å²) in [5, 5.41) is 3.57. The number of anilines is 1. The summed E-state index contributed by atoms with van der Waals surface area (Å²) < 4.78 is 1.11. The molecule has 1 nitrogen and oxygen atoms in total. The third-order valence-electron chi connectivity index (χ3n) is 3.32. The van der Waals surface area contributed by atoms with Crippen LogP contribution in [-0.2, 0) is 0 Å². The van der Waals surface area contributed by atoms with Gasteiger partial charge in [0, 0.05) is 16.2 Å². The fourth-order valence-electron chi connectivity index (χ4n) is 2.46. The highest BCUT2D eigenvalue weighted by molar-refractivity contribution is 9.10. The van der Waals surface area contributed by atoms with Crippen molar-refractivity contribution in [2.75, 3.05) is 5.32 Å². The zero-order chi connectivity index (χ0) is 14.0. The minimum absolute atomic E-state index is 0.300. The Bertz CT molecular complexity index is 570. The van der Waals surface area contributed by atoms with E-state index < -0.39 is 0 Å². The molecule has 0 saturated carbocycles. The van der Waals surface area contributed by atoms with Crippen LogP contribution < -0.4 is 5.32 Å². The van der Waals surface area contributed by atoms with Crippen molar-refractivity contribution in [3.05, 3.63) is 63.1 Å². The van der Waals surface area contributed by atoms with Crippen molar-refractivity contribution < 1.29 is 0 Å². The summed E-state index contributed by atoms with van der Waals surface area (Å²) >= 11 is 3.54. The van der Waals surface area contributed by atoms with Gasteiger partial charge in [0.25, 0.3) is 0 Å². The second kappa shape index (κ2) is 5.79. The Hall–Kier alpha value is -1.28. The minimum Gasteiger partial charge on any atom is -0.378 e. The lowest BCUT2D eigenvalue weighted by Gasteiger charge is -2.19. The normalized spacial score (nSPS) is 12.3. The average Bonchev–Trinajstić information content (AvgIpc) is 2.26. The molecule has 0 aromatic heterocycles. The van der Waals surface area contributed by atoms with Crippen LogP contribution >= 0.6 is 15.9 Å². The summed E-state index contributed by atoms with van der Waals surface area (Å²) in [6.07, 6.45) is 0. The first-order valence-corrected chi connectivity index (χ1v) is 7.36. The molecule has 1 N–H and O–H groups in total. The zero-order valence-electron chi connectivity index (χ0n) is 11.9. The van der Waals surface area contributed by atoms with Crippen molar-refractivity contribution in [1.82, 2.24) is 0 Å². The molecule has 0 radical (unpaired) electrons. The molecule has 0 saturated heterocycles. The van der Waals surface area contributed by atoms with Gasteiger partial charge < -0.3 is 5.32 Å². The number of halogens is 1. The Labute approximate surface area is 124 Å². The molecule has 2 aromatic carbocycles. The third kappa shape index (κ3) is 3.60. The highest BCUT2D eigenvalue weighted by Gasteiger charge is 2.08. The molecule has 2 aromatic rings. The molecule has 19 heavy (non-hydrogen) atoms. The van der Waals surface area contributed by atoms with E-state index in [1.165, 1.54) is 22.3 Å². The number of hydrogen-bond donors (Lipinski definition) is 1. The van der Waals surface area contributed by atoms with Gasteiger partial charge in [-0.05, 0) is 62.6 Å². The first-order valence-electron chi connectivity index (χ1n) is 6.56. The number of benzene rings is 2. The fraction of sp³-hybridized carbons (Fsp3) is 0.294. The van der Waals surface area contributed by atoms with Crippen molar-refractivity contribution >= 4 is 21.6 Å². The molecule has 100 valence electrons. The van der Waals surface area contributed by atoms with Gasteiger partial charge in [-0.15, -0.1) is 0 Å². The van der Waals surface area contributed by atoms with E-state index in [0.29, 0.717) is 6.04 Å². The van der Waals surface area contributed by atoms with E-state index in [1.807, 2.05) is 0 Å². The van der Waals surface area contributed by atoms with Gasteiger partial charge >= 0.3 is 0 Å². The molecule has 0 spiro atoms. The number of rotatable bonds is 3. The number of hydrogen-bond acceptors (Lipinski definition) is 1. The molecule has 0 amide bonds. The van der Waals surface area contributed by atoms with E-state index >= 15 is 0 Å². The third-order valence-corrected chi connectivity index (χ3v) is 3.77. The Morgan fingerprint density at radius 1 is 0.947 bits per heavy atom. The number of aryl methyl sites for hydroxylation is 3. The van der Waals surface area contributed by atoms with E-state index in [9.17, 15) is 0 Å². The lowest BCUT2D eigenvalue weighted by atomic mass is 10.00. The zero-order valence-corrected chi connectivity index (χ0v) is 13.5. The lowest BCUT2D eigenvalue weighted by molar-refractivity contribution is 0.872. The van der Waals surface area contributed by atoms with Crippen LogP contribution in [0.2, 0.25) is 0 Å². The van der Waals surface area contributed by atoms with Gasteiger partial charge in [0.1, 0.15) is 0 Å². The Kier molecular flexibility index (Phi) is 4.31. The topological polar surface area (TPSA) is 12.0 Å². The minimum atomic E-state index is 0.300. The first-order chi connectivity index (χ1) is 8.95. The maximum atomic E-state index is 3.57. The second-order valence-corrected chi connectivity index (χ2v) is 6.16. The maximum absolute atomic E-state index is 3.57. The molecule has 2 heteroatoms. The Balaban J connectivity index is 2.22. The van der Waals surface area contributed by atoms with Crippen LogP contribution in [0.1, 0.15) is 35.2 Å². The largest absolute Gasteiger partial charge is 0.378 e. The van der Waals surface area contributed by atoms with Crippen LogP contribution in [0.3, 0.4) is 0 Å². The van der Waals surface area contributed by atoms with Crippen molar-refractivity contribution in [3.8, 4) is 0 Å². The summed E-state index contributed by atoms with van der Waals surface area (Å²) in [5.74, 6) is 0. The predicted octanol–water partition coefficient (Wildman–Crippen LogP) is 5.55. The standard InChI is InChI=1S/C17H20BrN/c1-11-5-6-17(13(3)7-11)14(4)19-16-9-12(2)8-15(18)10-16/h5-10,14,19H,1-4H3.